The van der Waals surface area contributed by atoms with Crippen molar-refractivity contribution < 1.29 is 28.5 Å². The van der Waals surface area contributed by atoms with Gasteiger partial charge in [-0.1, -0.05) is 33.3 Å². The quantitative estimate of drug-likeness (QED) is 0.542. The van der Waals surface area contributed by atoms with Gasteiger partial charge < -0.3 is 18.9 Å². The van der Waals surface area contributed by atoms with Crippen LogP contribution in [0.5, 0.6) is 11.5 Å². The standard InChI is InChI=1S/C22H28O6/c1-14(2)17-7-4-15(3)10-19(17)28-22(24)12-25-21(23)9-6-16-5-8-18-20(11-16)27-13-26-18/h5-6,8-9,11,14-15,17,19H,4,7,10,12-13H2,1-3H3/b9-6+/t15-,17-,19+/m1/s1. The molecule has 1 fully saturated rings. The van der Waals surface area contributed by atoms with Gasteiger partial charge in [0.2, 0.25) is 6.79 Å². The number of carbonyl (C=O) groups is 2. The predicted molar refractivity (Wildman–Crippen MR) is 104 cm³/mol. The Bertz CT molecular complexity index is 739. The second kappa shape index (κ2) is 9.13. The van der Waals surface area contributed by atoms with Crippen LogP contribution in [0.2, 0.25) is 0 Å². The number of hydrogen-bond donors (Lipinski definition) is 0. The molecule has 28 heavy (non-hydrogen) atoms. The summed E-state index contributed by atoms with van der Waals surface area (Å²) in [6.45, 7) is 6.31. The van der Waals surface area contributed by atoms with E-state index in [1.165, 1.54) is 6.08 Å². The first kappa shape index (κ1) is 20.2. The highest BCUT2D eigenvalue weighted by Crippen LogP contribution is 2.35. The fraction of sp³-hybridized carbons (Fsp3) is 0.545. The molecule has 6 nitrogen and oxygen atoms in total. The zero-order valence-corrected chi connectivity index (χ0v) is 16.7. The van der Waals surface area contributed by atoms with E-state index in [4.69, 9.17) is 18.9 Å². The normalized spacial score (nSPS) is 23.8. The number of ether oxygens (including phenoxy) is 4. The third-order valence-corrected chi connectivity index (χ3v) is 5.38. The van der Waals surface area contributed by atoms with Crippen molar-refractivity contribution in [2.75, 3.05) is 13.4 Å². The van der Waals surface area contributed by atoms with Crippen LogP contribution in [0.25, 0.3) is 6.08 Å². The average Bonchev–Trinajstić information content (AvgIpc) is 3.12. The van der Waals surface area contributed by atoms with Crippen LogP contribution in [0.4, 0.5) is 0 Å². The van der Waals surface area contributed by atoms with Crippen LogP contribution in [-0.4, -0.2) is 31.4 Å². The van der Waals surface area contributed by atoms with Crippen LogP contribution in [0.3, 0.4) is 0 Å². The molecular weight excluding hydrogens is 360 g/mol. The average molecular weight is 388 g/mol. The van der Waals surface area contributed by atoms with Gasteiger partial charge in [0.25, 0.3) is 0 Å². The first-order valence-electron chi connectivity index (χ1n) is 9.86. The Kier molecular flexibility index (Phi) is 6.60. The number of rotatable bonds is 6. The summed E-state index contributed by atoms with van der Waals surface area (Å²) < 4.78 is 21.2. The van der Waals surface area contributed by atoms with Crippen LogP contribution < -0.4 is 9.47 Å². The lowest BCUT2D eigenvalue weighted by atomic mass is 9.75. The molecule has 0 unspecified atom stereocenters. The minimum Gasteiger partial charge on any atom is -0.460 e. The van der Waals surface area contributed by atoms with Gasteiger partial charge in [0.05, 0.1) is 0 Å². The molecule has 6 heteroatoms. The van der Waals surface area contributed by atoms with Crippen molar-refractivity contribution in [3.05, 3.63) is 29.8 Å². The summed E-state index contributed by atoms with van der Waals surface area (Å²) in [7, 11) is 0. The van der Waals surface area contributed by atoms with Crippen molar-refractivity contribution in [2.24, 2.45) is 17.8 Å². The molecule has 0 amide bonds. The molecule has 3 rings (SSSR count). The molecule has 0 spiro atoms. The zero-order valence-electron chi connectivity index (χ0n) is 16.7. The van der Waals surface area contributed by atoms with E-state index in [0.29, 0.717) is 29.3 Å². The van der Waals surface area contributed by atoms with Crippen molar-refractivity contribution >= 4 is 18.0 Å². The first-order chi connectivity index (χ1) is 13.4. The van der Waals surface area contributed by atoms with E-state index in [1.54, 1.807) is 18.2 Å². The fourth-order valence-corrected chi connectivity index (χ4v) is 3.81. The van der Waals surface area contributed by atoms with Gasteiger partial charge in [0.1, 0.15) is 6.10 Å². The Morgan fingerprint density at radius 3 is 2.79 bits per heavy atom. The van der Waals surface area contributed by atoms with E-state index < -0.39 is 11.9 Å². The summed E-state index contributed by atoms with van der Waals surface area (Å²) in [5.41, 5.74) is 0.778. The molecule has 0 radical (unpaired) electrons. The van der Waals surface area contributed by atoms with Crippen LogP contribution in [0.1, 0.15) is 45.6 Å². The Balaban J connectivity index is 1.46. The number of benzene rings is 1. The lowest BCUT2D eigenvalue weighted by Gasteiger charge is -2.36. The van der Waals surface area contributed by atoms with E-state index >= 15 is 0 Å². The second-order valence-corrected chi connectivity index (χ2v) is 7.91. The molecule has 0 aromatic heterocycles. The number of hydrogen-bond acceptors (Lipinski definition) is 6. The second-order valence-electron chi connectivity index (χ2n) is 7.91. The predicted octanol–water partition coefficient (Wildman–Crippen LogP) is 3.98. The summed E-state index contributed by atoms with van der Waals surface area (Å²) in [4.78, 5) is 24.0. The third kappa shape index (κ3) is 5.27. The number of esters is 2. The van der Waals surface area contributed by atoms with Gasteiger partial charge in [-0.05, 0) is 54.4 Å². The van der Waals surface area contributed by atoms with Gasteiger partial charge in [-0.3, -0.25) is 0 Å². The first-order valence-corrected chi connectivity index (χ1v) is 9.86. The van der Waals surface area contributed by atoms with E-state index in [1.807, 2.05) is 6.07 Å². The van der Waals surface area contributed by atoms with Gasteiger partial charge in [0, 0.05) is 6.08 Å². The van der Waals surface area contributed by atoms with Gasteiger partial charge in [0.15, 0.2) is 18.1 Å². The highest BCUT2D eigenvalue weighted by molar-refractivity contribution is 5.88. The van der Waals surface area contributed by atoms with Gasteiger partial charge in [-0.2, -0.15) is 0 Å². The number of fused-ring (bicyclic) bond motifs is 1. The van der Waals surface area contributed by atoms with Crippen molar-refractivity contribution in [3.8, 4) is 11.5 Å². The lowest BCUT2D eigenvalue weighted by Crippen LogP contribution is -2.36. The van der Waals surface area contributed by atoms with Gasteiger partial charge in [-0.15, -0.1) is 0 Å². The van der Waals surface area contributed by atoms with Gasteiger partial charge >= 0.3 is 11.9 Å². The van der Waals surface area contributed by atoms with Crippen LogP contribution in [0.15, 0.2) is 24.3 Å². The van der Waals surface area contributed by atoms with Gasteiger partial charge in [-0.25, -0.2) is 9.59 Å². The number of carbonyl (C=O) groups excluding carboxylic acids is 2. The molecule has 152 valence electrons. The largest absolute Gasteiger partial charge is 0.460 e. The fourth-order valence-electron chi connectivity index (χ4n) is 3.81. The van der Waals surface area contributed by atoms with Crippen molar-refractivity contribution in [1.29, 1.82) is 0 Å². The smallest absolute Gasteiger partial charge is 0.344 e. The maximum absolute atomic E-state index is 12.1. The van der Waals surface area contributed by atoms with Crippen molar-refractivity contribution in [3.63, 3.8) is 0 Å². The SMILES string of the molecule is CC(C)[C@H]1CC[C@@H](C)C[C@@H]1OC(=O)COC(=O)/C=C/c1ccc2c(c1)OCO2. The van der Waals surface area contributed by atoms with Crippen molar-refractivity contribution in [1.82, 2.24) is 0 Å². The topological polar surface area (TPSA) is 71.1 Å². The third-order valence-electron chi connectivity index (χ3n) is 5.38. The Morgan fingerprint density at radius 2 is 2.00 bits per heavy atom. The maximum atomic E-state index is 12.1. The minimum absolute atomic E-state index is 0.0980. The van der Waals surface area contributed by atoms with E-state index in [-0.39, 0.29) is 19.5 Å². The molecule has 1 saturated carbocycles. The lowest BCUT2D eigenvalue weighted by molar-refractivity contribution is -0.165. The molecule has 0 bridgehead atoms. The summed E-state index contributed by atoms with van der Waals surface area (Å²) >= 11 is 0. The Labute approximate surface area is 165 Å². The minimum atomic E-state index is -0.591. The highest BCUT2D eigenvalue weighted by atomic mass is 16.7. The molecule has 1 heterocycles. The van der Waals surface area contributed by atoms with E-state index in [0.717, 1.165) is 24.8 Å². The highest BCUT2D eigenvalue weighted by Gasteiger charge is 2.33. The summed E-state index contributed by atoms with van der Waals surface area (Å²) in [5, 5.41) is 0. The zero-order chi connectivity index (χ0) is 20.1. The Morgan fingerprint density at radius 1 is 1.21 bits per heavy atom. The molecule has 0 saturated heterocycles. The molecular formula is C22H28O6. The molecule has 2 aliphatic rings. The summed E-state index contributed by atoms with van der Waals surface area (Å²) in [6.07, 6.45) is 5.88. The molecule has 3 atom stereocenters. The van der Waals surface area contributed by atoms with Crippen LogP contribution in [-0.2, 0) is 19.1 Å². The van der Waals surface area contributed by atoms with E-state index in [9.17, 15) is 9.59 Å². The monoisotopic (exact) mass is 388 g/mol. The molecule has 1 aliphatic carbocycles. The molecule has 1 aliphatic heterocycles. The molecule has 1 aromatic rings. The summed E-state index contributed by atoms with van der Waals surface area (Å²) in [5.74, 6) is 1.60. The van der Waals surface area contributed by atoms with Crippen molar-refractivity contribution in [2.45, 2.75) is 46.1 Å². The van der Waals surface area contributed by atoms with E-state index in [2.05, 4.69) is 20.8 Å². The van der Waals surface area contributed by atoms with Crippen LogP contribution >= 0.6 is 0 Å². The summed E-state index contributed by atoms with van der Waals surface area (Å²) in [6, 6.07) is 5.36. The maximum Gasteiger partial charge on any atom is 0.344 e. The van der Waals surface area contributed by atoms with Crippen LogP contribution in [0, 0.1) is 17.8 Å². The molecule has 0 N–H and O–H groups in total. The molecule has 1 aromatic carbocycles. The Hall–Kier alpha value is -2.50.